The highest BCUT2D eigenvalue weighted by Crippen LogP contribution is 2.30. The normalized spacial score (nSPS) is 17.1. The average molecular weight is 365 g/mol. The van der Waals surface area contributed by atoms with Gasteiger partial charge in [0, 0.05) is 13.6 Å². The number of nitrogens with zero attached hydrogens (tertiary/aromatic N) is 1. The third-order valence-electron chi connectivity index (χ3n) is 3.85. The van der Waals surface area contributed by atoms with Gasteiger partial charge in [-0.05, 0) is 37.1 Å². The highest BCUT2D eigenvalue weighted by molar-refractivity contribution is 5.85. The number of nitrogens with one attached hydrogen (secondary N) is 1. The number of hydrogen-bond acceptors (Lipinski definition) is 4. The van der Waals surface area contributed by atoms with Crippen LogP contribution in [0.1, 0.15) is 24.8 Å². The van der Waals surface area contributed by atoms with Crippen molar-refractivity contribution in [3.63, 3.8) is 0 Å². The fourth-order valence-corrected chi connectivity index (χ4v) is 2.69. The van der Waals surface area contributed by atoms with Crippen molar-refractivity contribution in [2.45, 2.75) is 38.5 Å². The maximum atomic E-state index is 12.5. The molecule has 5 nitrogen and oxygen atoms in total. The van der Waals surface area contributed by atoms with Crippen LogP contribution in [0.5, 0.6) is 11.5 Å². The van der Waals surface area contributed by atoms with Crippen LogP contribution in [0.4, 0.5) is 8.78 Å². The molecule has 0 spiro atoms. The van der Waals surface area contributed by atoms with E-state index in [0.29, 0.717) is 12.1 Å². The fourth-order valence-electron chi connectivity index (χ4n) is 2.69. The number of halogens is 3. The number of likely N-dealkylation sites (N-methyl/N-ethyl adjacent to an activating group) is 1. The van der Waals surface area contributed by atoms with E-state index in [0.717, 1.165) is 25.8 Å². The van der Waals surface area contributed by atoms with Crippen LogP contribution in [-0.2, 0) is 11.3 Å². The molecule has 0 bridgehead atoms. The summed E-state index contributed by atoms with van der Waals surface area (Å²) in [5.74, 6) is 0.213. The Labute approximate surface area is 146 Å². The third kappa shape index (κ3) is 5.49. The second kappa shape index (κ2) is 9.64. The first-order chi connectivity index (χ1) is 11.0. The lowest BCUT2D eigenvalue weighted by Crippen LogP contribution is -2.46. The summed E-state index contributed by atoms with van der Waals surface area (Å²) in [5, 5.41) is 3.21. The molecule has 1 amide bonds. The highest BCUT2D eigenvalue weighted by atomic mass is 35.5. The second-order valence-corrected chi connectivity index (χ2v) is 5.56. The molecule has 1 fully saturated rings. The van der Waals surface area contributed by atoms with Gasteiger partial charge in [-0.1, -0.05) is 12.5 Å². The summed E-state index contributed by atoms with van der Waals surface area (Å²) in [4.78, 5) is 14.0. The quantitative estimate of drug-likeness (QED) is 0.843. The Morgan fingerprint density at radius 1 is 1.38 bits per heavy atom. The average Bonchev–Trinajstić information content (AvgIpc) is 2.54. The number of carbonyl (C=O) groups excluding carboxylic acids is 1. The summed E-state index contributed by atoms with van der Waals surface area (Å²) < 4.78 is 34.4. The van der Waals surface area contributed by atoms with E-state index < -0.39 is 6.61 Å². The molecule has 1 aliphatic heterocycles. The first kappa shape index (κ1) is 20.4. The minimum atomic E-state index is -2.93. The minimum Gasteiger partial charge on any atom is -0.493 e. The predicted molar refractivity (Wildman–Crippen MR) is 89.0 cm³/mol. The van der Waals surface area contributed by atoms with Crippen molar-refractivity contribution in [2.24, 2.45) is 0 Å². The number of benzene rings is 1. The molecule has 1 aliphatic rings. The number of piperidine rings is 1. The molecule has 1 aromatic carbocycles. The molecule has 8 heteroatoms. The van der Waals surface area contributed by atoms with E-state index in [-0.39, 0.29) is 35.9 Å². The van der Waals surface area contributed by atoms with Crippen LogP contribution in [0.3, 0.4) is 0 Å². The van der Waals surface area contributed by atoms with Gasteiger partial charge in [0.15, 0.2) is 11.5 Å². The summed E-state index contributed by atoms with van der Waals surface area (Å²) >= 11 is 0. The van der Waals surface area contributed by atoms with Crippen molar-refractivity contribution in [1.82, 2.24) is 10.2 Å². The molecule has 1 atom stereocenters. The summed E-state index contributed by atoms with van der Waals surface area (Å²) in [7, 11) is 3.09. The Morgan fingerprint density at radius 3 is 2.71 bits per heavy atom. The van der Waals surface area contributed by atoms with E-state index in [9.17, 15) is 13.6 Å². The van der Waals surface area contributed by atoms with Crippen molar-refractivity contribution in [1.29, 1.82) is 0 Å². The lowest BCUT2D eigenvalue weighted by atomic mass is 10.0. The van der Waals surface area contributed by atoms with Gasteiger partial charge in [0.25, 0.3) is 0 Å². The third-order valence-corrected chi connectivity index (χ3v) is 3.85. The van der Waals surface area contributed by atoms with E-state index in [4.69, 9.17) is 4.74 Å². The van der Waals surface area contributed by atoms with Crippen molar-refractivity contribution in [3.05, 3.63) is 23.8 Å². The number of alkyl halides is 2. The molecule has 0 aromatic heterocycles. The molecule has 1 aromatic rings. The highest BCUT2D eigenvalue weighted by Gasteiger charge is 2.23. The first-order valence-electron chi connectivity index (χ1n) is 7.61. The summed E-state index contributed by atoms with van der Waals surface area (Å²) in [6.45, 7) is -1.76. The maximum Gasteiger partial charge on any atom is 0.387 e. The van der Waals surface area contributed by atoms with Crippen molar-refractivity contribution < 1.29 is 23.0 Å². The van der Waals surface area contributed by atoms with Gasteiger partial charge >= 0.3 is 6.61 Å². The molecule has 2 rings (SSSR count). The second-order valence-electron chi connectivity index (χ2n) is 5.56. The zero-order valence-corrected chi connectivity index (χ0v) is 14.6. The Morgan fingerprint density at radius 2 is 2.12 bits per heavy atom. The Bertz CT molecular complexity index is 540. The Hall–Kier alpha value is -1.60. The summed E-state index contributed by atoms with van der Waals surface area (Å²) in [5.41, 5.74) is 0.702. The van der Waals surface area contributed by atoms with Crippen molar-refractivity contribution in [3.8, 4) is 11.5 Å². The fraction of sp³-hybridized carbons (Fsp3) is 0.562. The van der Waals surface area contributed by atoms with Crippen LogP contribution in [0, 0.1) is 0 Å². The molecular formula is C16H23ClF2N2O3. The molecule has 1 N–H and O–H groups in total. The van der Waals surface area contributed by atoms with Crippen LogP contribution in [-0.4, -0.2) is 44.2 Å². The smallest absolute Gasteiger partial charge is 0.387 e. The molecule has 1 saturated heterocycles. The zero-order valence-electron chi connectivity index (χ0n) is 13.8. The van der Waals surface area contributed by atoms with Gasteiger partial charge in [-0.2, -0.15) is 8.78 Å². The SMILES string of the molecule is COc1ccc(CN(C)C(=O)C2CCCCN2)cc1OC(F)F.Cl. The maximum absolute atomic E-state index is 12.5. The van der Waals surface area contributed by atoms with Crippen LogP contribution < -0.4 is 14.8 Å². The largest absolute Gasteiger partial charge is 0.493 e. The molecule has 1 unspecified atom stereocenters. The Balaban J connectivity index is 0.00000288. The molecule has 136 valence electrons. The van der Waals surface area contributed by atoms with Gasteiger partial charge in [-0.3, -0.25) is 4.79 Å². The molecular weight excluding hydrogens is 342 g/mol. The molecule has 24 heavy (non-hydrogen) atoms. The summed E-state index contributed by atoms with van der Waals surface area (Å²) in [6, 6.07) is 4.60. The lowest BCUT2D eigenvalue weighted by Gasteiger charge is -2.27. The lowest BCUT2D eigenvalue weighted by molar-refractivity contribution is -0.133. The van der Waals surface area contributed by atoms with Crippen LogP contribution in [0.2, 0.25) is 0 Å². The van der Waals surface area contributed by atoms with Crippen LogP contribution in [0.25, 0.3) is 0 Å². The van der Waals surface area contributed by atoms with E-state index in [1.54, 1.807) is 24.1 Å². The van der Waals surface area contributed by atoms with Crippen molar-refractivity contribution >= 4 is 18.3 Å². The van der Waals surface area contributed by atoms with Crippen molar-refractivity contribution in [2.75, 3.05) is 20.7 Å². The van der Waals surface area contributed by atoms with E-state index in [2.05, 4.69) is 10.1 Å². The van der Waals surface area contributed by atoms with Gasteiger partial charge in [0.1, 0.15) is 0 Å². The monoisotopic (exact) mass is 364 g/mol. The van der Waals surface area contributed by atoms with Gasteiger partial charge < -0.3 is 19.7 Å². The molecule has 0 saturated carbocycles. The van der Waals surface area contributed by atoms with Crippen LogP contribution >= 0.6 is 12.4 Å². The van der Waals surface area contributed by atoms with E-state index in [1.165, 1.54) is 13.2 Å². The number of amides is 1. The first-order valence-corrected chi connectivity index (χ1v) is 7.61. The minimum absolute atomic E-state index is 0. The topological polar surface area (TPSA) is 50.8 Å². The summed E-state index contributed by atoms with van der Waals surface area (Å²) in [6.07, 6.45) is 2.94. The van der Waals surface area contributed by atoms with Gasteiger partial charge in [0.05, 0.1) is 13.2 Å². The predicted octanol–water partition coefficient (Wildman–Crippen LogP) is 2.82. The Kier molecular flexibility index (Phi) is 8.21. The zero-order chi connectivity index (χ0) is 16.8. The van der Waals surface area contributed by atoms with E-state index in [1.807, 2.05) is 0 Å². The number of ether oxygens (including phenoxy) is 2. The van der Waals surface area contributed by atoms with Crippen LogP contribution in [0.15, 0.2) is 18.2 Å². The van der Waals surface area contributed by atoms with Gasteiger partial charge in [-0.25, -0.2) is 0 Å². The molecule has 0 aliphatic carbocycles. The van der Waals surface area contributed by atoms with E-state index >= 15 is 0 Å². The number of hydrogen-bond donors (Lipinski definition) is 1. The molecule has 1 heterocycles. The number of methoxy groups -OCH3 is 1. The van der Waals surface area contributed by atoms with Gasteiger partial charge in [0.2, 0.25) is 5.91 Å². The number of rotatable bonds is 6. The number of carbonyl (C=O) groups is 1. The molecule has 0 radical (unpaired) electrons. The van der Waals surface area contributed by atoms with Gasteiger partial charge in [-0.15, -0.1) is 12.4 Å². The standard InChI is InChI=1S/C16H22F2N2O3.ClH/c1-20(15(21)12-5-3-4-8-19-12)10-11-6-7-13(22-2)14(9-11)23-16(17)18;/h6-7,9,12,16,19H,3-5,8,10H2,1-2H3;1H.